The van der Waals surface area contributed by atoms with Crippen LogP contribution in [0.15, 0.2) is 42.5 Å². The van der Waals surface area contributed by atoms with Crippen LogP contribution in [0.5, 0.6) is 5.75 Å². The zero-order valence-corrected chi connectivity index (χ0v) is 11.3. The van der Waals surface area contributed by atoms with Crippen molar-refractivity contribution in [1.82, 2.24) is 0 Å². The van der Waals surface area contributed by atoms with Crippen molar-refractivity contribution in [2.45, 2.75) is 12.9 Å². The Morgan fingerprint density at radius 1 is 1.05 bits per heavy atom. The molecule has 0 aliphatic heterocycles. The Morgan fingerprint density at radius 3 is 2.29 bits per heavy atom. The first kappa shape index (κ1) is 15.4. The van der Waals surface area contributed by atoms with Gasteiger partial charge in [0.1, 0.15) is 11.6 Å². The second-order valence-electron chi connectivity index (χ2n) is 4.17. The zero-order valence-electron chi connectivity index (χ0n) is 10.5. The van der Waals surface area contributed by atoms with E-state index in [2.05, 4.69) is 10.1 Å². The lowest BCUT2D eigenvalue weighted by molar-refractivity contribution is -0.274. The van der Waals surface area contributed by atoms with E-state index in [-0.39, 0.29) is 10.8 Å². The predicted molar refractivity (Wildman–Crippen MR) is 71.9 cm³/mol. The van der Waals surface area contributed by atoms with Crippen molar-refractivity contribution < 1.29 is 22.3 Å². The van der Waals surface area contributed by atoms with E-state index in [0.717, 1.165) is 5.56 Å². The van der Waals surface area contributed by atoms with Crippen LogP contribution < -0.4 is 10.1 Å². The van der Waals surface area contributed by atoms with E-state index in [1.165, 1.54) is 36.4 Å². The molecule has 0 aromatic heterocycles. The van der Waals surface area contributed by atoms with Crippen molar-refractivity contribution in [1.29, 1.82) is 0 Å². The van der Waals surface area contributed by atoms with Crippen molar-refractivity contribution in [3.8, 4) is 5.75 Å². The van der Waals surface area contributed by atoms with E-state index < -0.39 is 12.2 Å². The van der Waals surface area contributed by atoms with Gasteiger partial charge in [-0.1, -0.05) is 17.7 Å². The van der Waals surface area contributed by atoms with Crippen molar-refractivity contribution in [3.63, 3.8) is 0 Å². The molecule has 0 unspecified atom stereocenters. The molecule has 2 nitrogen and oxygen atoms in total. The molecule has 0 aliphatic rings. The summed E-state index contributed by atoms with van der Waals surface area (Å²) >= 11 is 5.65. The molecule has 0 saturated heterocycles. The molecule has 7 heteroatoms. The quantitative estimate of drug-likeness (QED) is 0.802. The van der Waals surface area contributed by atoms with Gasteiger partial charge in [0.15, 0.2) is 0 Å². The van der Waals surface area contributed by atoms with Gasteiger partial charge in [-0.25, -0.2) is 4.39 Å². The molecule has 0 amide bonds. The Morgan fingerprint density at radius 2 is 1.71 bits per heavy atom. The van der Waals surface area contributed by atoms with Crippen molar-refractivity contribution in [3.05, 3.63) is 58.9 Å². The number of hydrogen-bond acceptors (Lipinski definition) is 2. The van der Waals surface area contributed by atoms with Crippen LogP contribution in [0, 0.1) is 5.82 Å². The fraction of sp³-hybridized carbons (Fsp3) is 0.143. The summed E-state index contributed by atoms with van der Waals surface area (Å²) < 4.78 is 52.7. The van der Waals surface area contributed by atoms with Crippen LogP contribution in [0.25, 0.3) is 0 Å². The predicted octanol–water partition coefficient (Wildman–Crippen LogP) is 4.99. The maximum absolute atomic E-state index is 13.0. The van der Waals surface area contributed by atoms with Crippen LogP contribution in [0.2, 0.25) is 5.02 Å². The minimum absolute atomic E-state index is 0.0169. The number of alkyl halides is 3. The largest absolute Gasteiger partial charge is 0.573 e. The average Bonchev–Trinajstić information content (AvgIpc) is 2.40. The molecular weight excluding hydrogens is 310 g/mol. The van der Waals surface area contributed by atoms with Crippen molar-refractivity contribution >= 4 is 17.3 Å². The van der Waals surface area contributed by atoms with E-state index in [1.54, 1.807) is 6.07 Å². The molecule has 0 fully saturated rings. The SMILES string of the molecule is Fc1ccc(CNc2ccc(OC(F)(F)F)cc2)cc1Cl. The van der Waals surface area contributed by atoms with E-state index >= 15 is 0 Å². The molecule has 2 rings (SSSR count). The first-order valence-corrected chi connectivity index (χ1v) is 6.25. The van der Waals surface area contributed by atoms with Gasteiger partial charge in [-0.2, -0.15) is 0 Å². The third kappa shape index (κ3) is 4.82. The van der Waals surface area contributed by atoms with E-state index in [9.17, 15) is 17.6 Å². The van der Waals surface area contributed by atoms with E-state index in [0.29, 0.717) is 12.2 Å². The van der Waals surface area contributed by atoms with Gasteiger partial charge < -0.3 is 10.1 Å². The highest BCUT2D eigenvalue weighted by Gasteiger charge is 2.30. The first-order valence-electron chi connectivity index (χ1n) is 5.87. The Balaban J connectivity index is 1.96. The molecule has 0 aliphatic carbocycles. The normalized spacial score (nSPS) is 11.3. The molecule has 1 N–H and O–H groups in total. The second kappa shape index (κ2) is 6.22. The Labute approximate surface area is 123 Å². The number of halogens is 5. The number of ether oxygens (including phenoxy) is 1. The average molecular weight is 320 g/mol. The Bertz CT molecular complexity index is 613. The van der Waals surface area contributed by atoms with Gasteiger partial charge >= 0.3 is 6.36 Å². The van der Waals surface area contributed by atoms with Gasteiger partial charge in [-0.05, 0) is 42.0 Å². The van der Waals surface area contributed by atoms with Crippen LogP contribution in [-0.4, -0.2) is 6.36 Å². The van der Waals surface area contributed by atoms with Crippen LogP contribution >= 0.6 is 11.6 Å². The monoisotopic (exact) mass is 319 g/mol. The summed E-state index contributed by atoms with van der Waals surface area (Å²) in [6.45, 7) is 0.361. The molecule has 2 aromatic carbocycles. The van der Waals surface area contributed by atoms with Gasteiger partial charge in [0.2, 0.25) is 0 Å². The van der Waals surface area contributed by atoms with Gasteiger partial charge in [0, 0.05) is 12.2 Å². The Hall–Kier alpha value is -1.95. The van der Waals surface area contributed by atoms with Crippen LogP contribution in [0.3, 0.4) is 0 Å². The Kier molecular flexibility index (Phi) is 4.57. The molecular formula is C14H10ClF4NO. The smallest absolute Gasteiger partial charge is 0.406 e. The molecule has 2 aromatic rings. The van der Waals surface area contributed by atoms with Crippen molar-refractivity contribution in [2.75, 3.05) is 5.32 Å². The standard InChI is InChI=1S/C14H10ClF4NO/c15-12-7-9(1-6-13(12)16)8-20-10-2-4-11(5-3-10)21-14(17,18)19/h1-7,20H,8H2. The van der Waals surface area contributed by atoms with E-state index in [4.69, 9.17) is 11.6 Å². The zero-order chi connectivity index (χ0) is 15.5. The lowest BCUT2D eigenvalue weighted by Crippen LogP contribution is -2.17. The second-order valence-corrected chi connectivity index (χ2v) is 4.58. The topological polar surface area (TPSA) is 21.3 Å². The van der Waals surface area contributed by atoms with Crippen molar-refractivity contribution in [2.24, 2.45) is 0 Å². The summed E-state index contributed by atoms with van der Waals surface area (Å²) in [5.41, 5.74) is 1.35. The molecule has 0 spiro atoms. The third-order valence-corrected chi connectivity index (χ3v) is 2.86. The summed E-state index contributed by atoms with van der Waals surface area (Å²) in [6.07, 6.45) is -4.71. The van der Waals surface area contributed by atoms with Gasteiger partial charge in [-0.15, -0.1) is 13.2 Å². The molecule has 0 heterocycles. The fourth-order valence-electron chi connectivity index (χ4n) is 1.63. The third-order valence-electron chi connectivity index (χ3n) is 2.57. The van der Waals surface area contributed by atoms with Gasteiger partial charge in [0.25, 0.3) is 0 Å². The van der Waals surface area contributed by atoms with Crippen LogP contribution in [0.4, 0.5) is 23.2 Å². The molecule has 0 radical (unpaired) electrons. The maximum Gasteiger partial charge on any atom is 0.573 e. The summed E-state index contributed by atoms with van der Waals surface area (Å²) in [5, 5.41) is 3.00. The van der Waals surface area contributed by atoms with Gasteiger partial charge in [0.05, 0.1) is 5.02 Å². The highest BCUT2D eigenvalue weighted by atomic mass is 35.5. The minimum atomic E-state index is -4.71. The van der Waals surface area contributed by atoms with Gasteiger partial charge in [-0.3, -0.25) is 0 Å². The summed E-state index contributed by atoms with van der Waals surface area (Å²) in [6, 6.07) is 9.60. The molecule has 21 heavy (non-hydrogen) atoms. The highest BCUT2D eigenvalue weighted by molar-refractivity contribution is 6.30. The number of nitrogens with one attached hydrogen (secondary N) is 1. The minimum Gasteiger partial charge on any atom is -0.406 e. The molecule has 112 valence electrons. The summed E-state index contributed by atoms with van der Waals surface area (Å²) in [4.78, 5) is 0. The molecule has 0 bridgehead atoms. The fourth-order valence-corrected chi connectivity index (χ4v) is 1.83. The lowest BCUT2D eigenvalue weighted by Gasteiger charge is -2.10. The number of hydrogen-bond donors (Lipinski definition) is 1. The lowest BCUT2D eigenvalue weighted by atomic mass is 10.2. The molecule has 0 saturated carbocycles. The molecule has 0 atom stereocenters. The first-order chi connectivity index (χ1) is 9.83. The summed E-state index contributed by atoms with van der Waals surface area (Å²) in [7, 11) is 0. The summed E-state index contributed by atoms with van der Waals surface area (Å²) in [5.74, 6) is -0.799. The van der Waals surface area contributed by atoms with E-state index in [1.807, 2.05) is 0 Å². The number of anilines is 1. The maximum atomic E-state index is 13.0. The number of benzene rings is 2. The highest BCUT2D eigenvalue weighted by Crippen LogP contribution is 2.24. The van der Waals surface area contributed by atoms with Crippen LogP contribution in [0.1, 0.15) is 5.56 Å². The number of rotatable bonds is 4. The van der Waals surface area contributed by atoms with Crippen LogP contribution in [-0.2, 0) is 6.54 Å².